The first-order chi connectivity index (χ1) is 16.3. The molecule has 34 heavy (non-hydrogen) atoms. The molecule has 0 aliphatic heterocycles. The van der Waals surface area contributed by atoms with E-state index in [1.165, 1.54) is 0 Å². The van der Waals surface area contributed by atoms with Gasteiger partial charge in [0.2, 0.25) is 0 Å². The summed E-state index contributed by atoms with van der Waals surface area (Å²) in [7, 11) is 3.74. The molecule has 0 fully saturated rings. The van der Waals surface area contributed by atoms with Crippen molar-refractivity contribution in [2.75, 3.05) is 25.7 Å². The molecule has 0 bridgehead atoms. The van der Waals surface area contributed by atoms with E-state index in [1.807, 2.05) is 49.9 Å². The molecule has 6 nitrogen and oxygen atoms in total. The number of fused-ring (bicyclic) bond motifs is 1. The number of aryl methyl sites for hydroxylation is 1. The van der Waals surface area contributed by atoms with Crippen LogP contribution in [0.3, 0.4) is 0 Å². The fraction of sp³-hybridized carbons (Fsp3) is 0.259. The van der Waals surface area contributed by atoms with Crippen molar-refractivity contribution in [2.45, 2.75) is 19.6 Å². The predicted molar refractivity (Wildman–Crippen MR) is 142 cm³/mol. The molecule has 0 N–H and O–H groups in total. The molecule has 4 aromatic rings. The van der Waals surface area contributed by atoms with Crippen molar-refractivity contribution < 1.29 is 9.47 Å². The van der Waals surface area contributed by atoms with Gasteiger partial charge in [-0.15, -0.1) is 5.54 Å². The molecule has 0 saturated heterocycles. The summed E-state index contributed by atoms with van der Waals surface area (Å²) < 4.78 is 12.8. The Morgan fingerprint density at radius 3 is 2.26 bits per heavy atom. The average Bonchev–Trinajstić information content (AvgIpc) is 3.26. The van der Waals surface area contributed by atoms with Crippen molar-refractivity contribution in [1.29, 1.82) is 0 Å². The van der Waals surface area contributed by atoms with Gasteiger partial charge in [-0.2, -0.15) is 5.10 Å². The third kappa shape index (κ3) is 5.41. The Hall–Kier alpha value is -3.76. The molecule has 2 heterocycles. The first-order valence-corrected chi connectivity index (χ1v) is 14.7. The van der Waals surface area contributed by atoms with Gasteiger partial charge in [-0.3, -0.25) is 9.67 Å². The average molecular weight is 471 g/mol. The van der Waals surface area contributed by atoms with Crippen LogP contribution in [-0.4, -0.2) is 43.6 Å². The Morgan fingerprint density at radius 1 is 0.912 bits per heavy atom. The van der Waals surface area contributed by atoms with Crippen molar-refractivity contribution >= 4 is 30.4 Å². The molecule has 0 saturated carbocycles. The highest BCUT2D eigenvalue weighted by Gasteiger charge is 2.14. The van der Waals surface area contributed by atoms with Gasteiger partial charge < -0.3 is 14.4 Å². The van der Waals surface area contributed by atoms with Gasteiger partial charge in [-0.1, -0.05) is 25.6 Å². The van der Waals surface area contributed by atoms with Crippen LogP contribution in [0.25, 0.3) is 22.0 Å². The molecule has 0 unspecified atom stereocenters. The normalized spacial score (nSPS) is 11.1. The second-order valence-electron chi connectivity index (χ2n) is 9.21. The third-order valence-electron chi connectivity index (χ3n) is 5.36. The molecule has 174 valence electrons. The van der Waals surface area contributed by atoms with Gasteiger partial charge in [0.15, 0.2) is 0 Å². The monoisotopic (exact) mass is 470 g/mol. The van der Waals surface area contributed by atoms with E-state index >= 15 is 0 Å². The van der Waals surface area contributed by atoms with Crippen LogP contribution < -0.4 is 14.4 Å². The quantitative estimate of drug-likeness (QED) is 0.268. The smallest absolute Gasteiger partial charge is 0.129 e. The molecule has 0 amide bonds. The molecular weight excluding hydrogens is 440 g/mol. The minimum atomic E-state index is -1.50. The standard InChI is InChI=1S/C27H30N4O2Si/c1-30-19-22(18-29-30)21-12-20-13-23(8-9-27(20)28-17-21)31(10-7-11-34(4,5)6)24-14-25(32-2)16-26(15-24)33-3/h8-9,12-19H,10H2,1-6H3. The van der Waals surface area contributed by atoms with Gasteiger partial charge in [-0.25, -0.2) is 0 Å². The minimum Gasteiger partial charge on any atom is -0.497 e. The lowest BCUT2D eigenvalue weighted by molar-refractivity contribution is 0.394. The van der Waals surface area contributed by atoms with E-state index in [0.717, 1.165) is 44.9 Å². The first kappa shape index (κ1) is 23.4. The molecule has 2 aromatic heterocycles. The van der Waals surface area contributed by atoms with Crippen molar-refractivity contribution in [3.63, 3.8) is 0 Å². The Morgan fingerprint density at radius 2 is 1.65 bits per heavy atom. The van der Waals surface area contributed by atoms with Gasteiger partial charge in [-0.05, 0) is 24.3 Å². The maximum absolute atomic E-state index is 5.53. The molecule has 0 atom stereocenters. The van der Waals surface area contributed by atoms with Gasteiger partial charge in [0, 0.05) is 65.5 Å². The lowest BCUT2D eigenvalue weighted by Crippen LogP contribution is -2.20. The summed E-state index contributed by atoms with van der Waals surface area (Å²) in [5.41, 5.74) is 8.47. The number of aromatic nitrogens is 3. The Bertz CT molecular complexity index is 1360. The first-order valence-electron chi connectivity index (χ1n) is 11.2. The Balaban J connectivity index is 1.81. The summed E-state index contributed by atoms with van der Waals surface area (Å²) in [4.78, 5) is 6.86. The number of nitrogens with zero attached hydrogens (tertiary/aromatic N) is 4. The van der Waals surface area contributed by atoms with Crippen LogP contribution >= 0.6 is 0 Å². The zero-order chi connectivity index (χ0) is 24.3. The van der Waals surface area contributed by atoms with Crippen LogP contribution in [0.1, 0.15) is 0 Å². The molecule has 2 aromatic carbocycles. The highest BCUT2D eigenvalue weighted by molar-refractivity contribution is 6.83. The maximum Gasteiger partial charge on any atom is 0.129 e. The van der Waals surface area contributed by atoms with E-state index in [0.29, 0.717) is 6.54 Å². The van der Waals surface area contributed by atoms with Crippen LogP contribution in [-0.2, 0) is 7.05 Å². The number of rotatable bonds is 6. The van der Waals surface area contributed by atoms with Gasteiger partial charge in [0.1, 0.15) is 19.6 Å². The molecular formula is C27H30N4O2Si. The number of methoxy groups -OCH3 is 2. The van der Waals surface area contributed by atoms with Gasteiger partial charge in [0.25, 0.3) is 0 Å². The topological polar surface area (TPSA) is 52.4 Å². The van der Waals surface area contributed by atoms with Crippen molar-refractivity contribution in [3.05, 3.63) is 61.1 Å². The fourth-order valence-corrected chi connectivity index (χ4v) is 4.29. The van der Waals surface area contributed by atoms with Gasteiger partial charge in [0.05, 0.1) is 32.5 Å². The number of anilines is 2. The predicted octanol–water partition coefficient (Wildman–Crippen LogP) is 5.67. The second kappa shape index (κ2) is 9.62. The molecule has 0 spiro atoms. The zero-order valence-corrected chi connectivity index (χ0v) is 21.6. The van der Waals surface area contributed by atoms with Crippen molar-refractivity contribution in [3.8, 4) is 34.1 Å². The van der Waals surface area contributed by atoms with Crippen molar-refractivity contribution in [1.82, 2.24) is 14.8 Å². The fourth-order valence-electron chi connectivity index (χ4n) is 3.68. The SMILES string of the molecule is COc1cc(OC)cc(N(CC#C[Si](C)(C)C)c2ccc3ncc(-c4cnn(C)c4)cc3c2)c1. The number of pyridine rings is 1. The lowest BCUT2D eigenvalue weighted by atomic mass is 10.1. The highest BCUT2D eigenvalue weighted by atomic mass is 28.3. The van der Waals surface area contributed by atoms with Crippen molar-refractivity contribution in [2.24, 2.45) is 7.05 Å². The highest BCUT2D eigenvalue weighted by Crippen LogP contribution is 2.34. The summed E-state index contributed by atoms with van der Waals surface area (Å²) in [5.74, 6) is 4.88. The summed E-state index contributed by atoms with van der Waals surface area (Å²) in [6.07, 6.45) is 5.74. The summed E-state index contributed by atoms with van der Waals surface area (Å²) in [6.45, 7) is 7.31. The largest absolute Gasteiger partial charge is 0.497 e. The van der Waals surface area contributed by atoms with Crippen LogP contribution in [0.4, 0.5) is 11.4 Å². The van der Waals surface area contributed by atoms with E-state index in [9.17, 15) is 0 Å². The molecule has 0 aliphatic carbocycles. The molecule has 4 rings (SSSR count). The maximum atomic E-state index is 5.53. The van der Waals surface area contributed by atoms with Crippen LogP contribution in [0.15, 0.2) is 61.1 Å². The zero-order valence-electron chi connectivity index (χ0n) is 20.6. The minimum absolute atomic E-state index is 0.557. The summed E-state index contributed by atoms with van der Waals surface area (Å²) in [6, 6.07) is 14.3. The summed E-state index contributed by atoms with van der Waals surface area (Å²) >= 11 is 0. The number of hydrogen-bond donors (Lipinski definition) is 0. The third-order valence-corrected chi connectivity index (χ3v) is 6.29. The molecule has 0 aliphatic rings. The lowest BCUT2D eigenvalue weighted by Gasteiger charge is -2.24. The Labute approximate surface area is 202 Å². The van der Waals surface area contributed by atoms with Gasteiger partial charge >= 0.3 is 0 Å². The van der Waals surface area contributed by atoms with Crippen LogP contribution in [0.2, 0.25) is 19.6 Å². The van der Waals surface area contributed by atoms with E-state index in [2.05, 4.69) is 64.3 Å². The van der Waals surface area contributed by atoms with E-state index in [4.69, 9.17) is 9.47 Å². The Kier molecular flexibility index (Phi) is 6.62. The number of benzene rings is 2. The summed E-state index contributed by atoms with van der Waals surface area (Å²) in [5, 5.41) is 5.34. The second-order valence-corrected chi connectivity index (χ2v) is 14.0. The molecule has 7 heteroatoms. The van der Waals surface area contributed by atoms with E-state index in [-0.39, 0.29) is 0 Å². The molecule has 0 radical (unpaired) electrons. The van der Waals surface area contributed by atoms with E-state index < -0.39 is 8.07 Å². The van der Waals surface area contributed by atoms with Crippen LogP contribution in [0.5, 0.6) is 11.5 Å². The number of hydrogen-bond acceptors (Lipinski definition) is 5. The van der Waals surface area contributed by atoms with E-state index in [1.54, 1.807) is 18.9 Å². The number of ether oxygens (including phenoxy) is 2. The van der Waals surface area contributed by atoms with Crippen LogP contribution in [0, 0.1) is 11.5 Å².